The van der Waals surface area contributed by atoms with Crippen LogP contribution >= 0.6 is 0 Å². The quantitative estimate of drug-likeness (QED) is 0.0182. The van der Waals surface area contributed by atoms with Crippen molar-refractivity contribution in [3.8, 4) is 70.5 Å². The third-order valence-electron chi connectivity index (χ3n) is 34.2. The molecule has 4 amide bonds. The molecule has 0 bridgehead atoms. The lowest BCUT2D eigenvalue weighted by molar-refractivity contribution is -0.141. The minimum Gasteiger partial charge on any atom is -0.507 e. The van der Waals surface area contributed by atoms with E-state index in [-0.39, 0.29) is 73.2 Å². The average molecular weight is 1990 g/mol. The molecule has 10 saturated heterocycles. The van der Waals surface area contributed by atoms with Gasteiger partial charge < -0.3 is 99.4 Å². The first-order valence-corrected chi connectivity index (χ1v) is 54.1. The van der Waals surface area contributed by atoms with Gasteiger partial charge in [-0.1, -0.05) is 75.1 Å². The molecule has 0 radical (unpaired) electrons. The molecule has 34 nitrogen and oxygen atoms in total. The van der Waals surface area contributed by atoms with Crippen LogP contribution in [0.4, 0.5) is 23.0 Å². The number of β-amino-alcohol motifs (C(OH)–C–C–N with tert-alkyl or cyclic N) is 2. The van der Waals surface area contributed by atoms with Gasteiger partial charge in [-0.15, -0.1) is 33.2 Å². The minimum absolute atomic E-state index is 0.00723. The number of piperazine rings is 2. The molecule has 34 heteroatoms. The molecule has 8 N–H and O–H groups in total. The molecule has 8 aromatic rings. The number of likely N-dealkylation sites (tertiary alicyclic amines) is 8. The van der Waals surface area contributed by atoms with Crippen molar-refractivity contribution in [3.05, 3.63) is 155 Å². The van der Waals surface area contributed by atoms with Crippen molar-refractivity contribution >= 4 is 46.6 Å². The fourth-order valence-electron chi connectivity index (χ4n) is 26.0. The Morgan fingerprint density at radius 1 is 0.459 bits per heavy atom. The number of aromatic hydroxyl groups is 2. The van der Waals surface area contributed by atoms with Crippen molar-refractivity contribution in [2.45, 2.75) is 215 Å². The van der Waals surface area contributed by atoms with Crippen LogP contribution in [0, 0.1) is 48.4 Å². The van der Waals surface area contributed by atoms with E-state index in [0.29, 0.717) is 113 Å². The van der Waals surface area contributed by atoms with Gasteiger partial charge in [-0.3, -0.25) is 38.8 Å². The van der Waals surface area contributed by atoms with E-state index in [1.807, 2.05) is 107 Å². The van der Waals surface area contributed by atoms with Crippen LogP contribution < -0.4 is 40.5 Å². The van der Waals surface area contributed by atoms with E-state index in [9.17, 15) is 30.0 Å². The number of hydrogen-bond donors (Lipinski definition) is 8. The van der Waals surface area contributed by atoms with E-state index in [0.717, 1.165) is 184 Å². The molecule has 10 fully saturated rings. The first-order chi connectivity index (χ1) is 71.0. The van der Waals surface area contributed by atoms with E-state index < -0.39 is 71.9 Å². The number of amides is 4. The van der Waals surface area contributed by atoms with Gasteiger partial charge >= 0.3 is 0 Å². The molecular weight excluding hydrogens is 1850 g/mol. The van der Waals surface area contributed by atoms with Gasteiger partial charge in [0, 0.05) is 163 Å². The number of anilines is 4. The van der Waals surface area contributed by atoms with Crippen molar-refractivity contribution in [1.82, 2.24) is 90.3 Å². The molecule has 12 aliphatic heterocycles. The molecule has 4 aromatic carbocycles. The van der Waals surface area contributed by atoms with Crippen molar-refractivity contribution in [3.63, 3.8) is 0 Å². The van der Waals surface area contributed by atoms with Crippen molar-refractivity contribution < 1.29 is 58.1 Å². The van der Waals surface area contributed by atoms with Gasteiger partial charge in [-0.05, 0) is 287 Å². The zero-order valence-electron chi connectivity index (χ0n) is 85.5. The van der Waals surface area contributed by atoms with E-state index in [1.54, 1.807) is 30.3 Å². The number of aliphatic hydroxyl groups excluding tert-OH is 2. The number of phenols is 2. The highest BCUT2D eigenvalue weighted by atomic mass is 16.5. The summed E-state index contributed by atoms with van der Waals surface area (Å²) in [7, 11) is 0. The van der Waals surface area contributed by atoms with Crippen LogP contribution in [0.15, 0.2) is 124 Å². The van der Waals surface area contributed by atoms with Crippen LogP contribution in [0.3, 0.4) is 0 Å². The molecule has 778 valence electrons. The fourth-order valence-corrected chi connectivity index (χ4v) is 26.0. The molecule has 146 heavy (non-hydrogen) atoms. The Morgan fingerprint density at radius 2 is 0.877 bits per heavy atom. The number of nitrogens with one attached hydrogen (secondary N) is 4. The van der Waals surface area contributed by atoms with E-state index >= 15 is 9.59 Å². The molecule has 1 unspecified atom stereocenters. The Bertz CT molecular complexity index is 5880. The molecule has 0 spiro atoms. The van der Waals surface area contributed by atoms with Crippen LogP contribution in [-0.2, 0) is 25.6 Å². The van der Waals surface area contributed by atoms with Gasteiger partial charge in [0.25, 0.3) is 11.8 Å². The highest BCUT2D eigenvalue weighted by Gasteiger charge is 2.49. The van der Waals surface area contributed by atoms with Gasteiger partial charge in [0.15, 0.2) is 23.2 Å². The second-order valence-corrected chi connectivity index (χ2v) is 43.9. The van der Waals surface area contributed by atoms with E-state index in [4.69, 9.17) is 31.4 Å². The number of nitrogens with zero attached hydrogens (tertiary/aromatic N) is 18. The summed E-state index contributed by atoms with van der Waals surface area (Å²) >= 11 is 0. The number of carbonyl (C=O) groups excluding carboxylic acids is 4. The van der Waals surface area contributed by atoms with Gasteiger partial charge in [-0.25, -0.2) is 0 Å². The number of terminal acetylenes is 2. The topological polar surface area (TPSA) is 358 Å². The number of benzene rings is 4. The second-order valence-electron chi connectivity index (χ2n) is 43.9. The van der Waals surface area contributed by atoms with E-state index in [1.165, 1.54) is 87.3 Å². The Hall–Kier alpha value is -11.5. The van der Waals surface area contributed by atoms with Gasteiger partial charge in [-0.2, -0.15) is 0 Å². The molecule has 16 heterocycles. The third kappa shape index (κ3) is 23.3. The normalized spacial score (nSPS) is 24.2. The van der Waals surface area contributed by atoms with Crippen LogP contribution in [0.1, 0.15) is 188 Å². The molecule has 0 aliphatic carbocycles. The fraction of sp³-hybridized carbons (Fsp3) is 0.589. The van der Waals surface area contributed by atoms with E-state index in [2.05, 4.69) is 125 Å². The lowest BCUT2D eigenvalue weighted by Gasteiger charge is -2.47. The van der Waals surface area contributed by atoms with Gasteiger partial charge in [0.2, 0.25) is 23.6 Å². The summed E-state index contributed by atoms with van der Waals surface area (Å²) < 4.78 is 24.8. The Kier molecular flexibility index (Phi) is 32.1. The number of ether oxygens (including phenoxy) is 2. The first-order valence-electron chi connectivity index (χ1n) is 54.1. The van der Waals surface area contributed by atoms with Crippen molar-refractivity contribution in [2.75, 3.05) is 204 Å². The minimum atomic E-state index is -1.06. The summed E-state index contributed by atoms with van der Waals surface area (Å²) in [6.45, 7) is 34.4. The largest absolute Gasteiger partial charge is 0.507 e. The average Bonchev–Trinajstić information content (AvgIpc) is 1.10. The van der Waals surface area contributed by atoms with Crippen molar-refractivity contribution in [1.29, 1.82) is 0 Å². The third-order valence-corrected chi connectivity index (χ3v) is 34.2. The lowest BCUT2D eigenvalue weighted by atomic mass is 9.83. The summed E-state index contributed by atoms with van der Waals surface area (Å²) in [4.78, 5) is 89.6. The molecule has 11 atom stereocenters. The zero-order chi connectivity index (χ0) is 101. The molecule has 20 rings (SSSR count). The lowest BCUT2D eigenvalue weighted by Crippen LogP contribution is -2.58. The predicted molar refractivity (Wildman–Crippen MR) is 558 cm³/mol. The number of aliphatic hydroxyl groups is 2. The predicted octanol–water partition coefficient (Wildman–Crippen LogP) is 9.60. The number of para-hydroxylation sites is 2. The monoisotopic (exact) mass is 1990 g/mol. The van der Waals surface area contributed by atoms with Gasteiger partial charge in [0.05, 0.1) is 59.1 Å². The molecular formula is C112H148N22O12. The Labute approximate surface area is 858 Å². The number of phenolic OH excluding ortho intramolecular Hbond substituents is 2. The SMILES string of the molecule is C#Cc1ccc([C@H](C)NC(=O)[C@@H]2C[C@@H](O)CN2C(=O)[C@H](c2cc(OCCN3CCC(N4CCC(N5CCC(CN6CCN7c8cc(-c9ccccc9O)nnc8NC[C@H]7C6)CC5)CC4)CC3)no2)C(C)Cc2cc(C#C)ccc2[C@H](C)NC(=O)[C@@H]2C[C@@H](O)CN2C(=O)[C@@H](c2cc(OCCN3CCC(N4CCC(N5CCC(CN6CCN7c8cc(-c9ccccc9O)nnc8NC[C@H]7C6)CC5)CC4)CC3)no2)C(C)C)cc1. The number of carbonyl (C=O) groups is 4. The maximum Gasteiger partial charge on any atom is 0.254 e. The Morgan fingerprint density at radius 3 is 1.32 bits per heavy atom. The summed E-state index contributed by atoms with van der Waals surface area (Å²) in [5.41, 5.74) is 8.40. The van der Waals surface area contributed by atoms with Gasteiger partial charge in [0.1, 0.15) is 48.6 Å². The number of piperidine rings is 6. The Balaban J connectivity index is 0.408. The standard InChI is InChI=1S/C112H148N22O12/c1-8-76-18-21-80(22-19-76)74(6)115-109(139)97-58-89(136)71-134(97)112(142)106(102-63-104(122-146-102)144-55-53-124-38-30-83(31-39-124)130-46-34-85(35-47-130)128-42-26-79(27-43-128)67-126-49-51-132-87(69-126)65-114-108-96(132)61-94(118-120-108)92-15-11-13-17-100(92)138)73(5)56-81-57-77(9-2)20-23-90(81)75(7)116-110(140)98-59-88(135)70-133(98)111(141)105(72(3)4)101-62-103(121-145-101)143-54-52-123-36-28-82(29-37-123)129-44-32-84(33-45-129)127-40-24-78(25-41-127)66-125-48-50-131-86(68-125)64-113-107-95(131)60-93(117-119-107)91-14-10-12-16-99(91)137/h1-2,10-23,57,60-63,72-75,78-79,82-89,97-98,105-106,135-138H,24-56,58-59,64-71H2,3-7H3,(H,113,119)(H,114,120)(H,115,139)(H,116,140)/t73?,74-,75-,86-,87-,88+,89+,97-,98-,105+,106-/m0/s1. The zero-order valence-corrected chi connectivity index (χ0v) is 85.5. The first kappa shape index (κ1) is 102. The van der Waals surface area contributed by atoms with Crippen molar-refractivity contribution in [2.24, 2.45) is 23.7 Å². The smallest absolute Gasteiger partial charge is 0.254 e. The highest BCUT2D eigenvalue weighted by Crippen LogP contribution is 2.44. The molecule has 0 saturated carbocycles. The maximum absolute atomic E-state index is 15.8. The second kappa shape index (κ2) is 46.1. The molecule has 12 aliphatic rings. The summed E-state index contributed by atoms with van der Waals surface area (Å²) in [6, 6.07) is 34.9. The summed E-state index contributed by atoms with van der Waals surface area (Å²) in [5, 5.41) is 84.0. The number of hydrogen-bond acceptors (Lipinski definition) is 30. The molecule has 4 aromatic heterocycles. The number of rotatable bonds is 32. The van der Waals surface area contributed by atoms with Crippen LogP contribution in [0.2, 0.25) is 0 Å². The highest BCUT2D eigenvalue weighted by molar-refractivity contribution is 5.93. The van der Waals surface area contributed by atoms with Crippen LogP contribution in [-0.4, -0.2) is 368 Å². The van der Waals surface area contributed by atoms with Crippen LogP contribution in [0.5, 0.6) is 23.3 Å². The maximum atomic E-state index is 15.8. The summed E-state index contributed by atoms with van der Waals surface area (Å²) in [6.07, 6.45) is 24.3. The van der Waals surface area contributed by atoms with Crippen LogP contribution in [0.25, 0.3) is 22.5 Å². The number of aromatic nitrogens is 6. The number of fused-ring (bicyclic) bond motifs is 6. The summed E-state index contributed by atoms with van der Waals surface area (Å²) in [5.74, 6) is 5.40.